The van der Waals surface area contributed by atoms with E-state index in [-0.39, 0.29) is 0 Å². The van der Waals surface area contributed by atoms with Crippen LogP contribution in [0.3, 0.4) is 0 Å². The Labute approximate surface area is 120 Å². The highest BCUT2D eigenvalue weighted by atomic mass is 35.5. The number of hydrogen-bond donors (Lipinski definition) is 0. The predicted molar refractivity (Wildman–Crippen MR) is 76.0 cm³/mol. The summed E-state index contributed by atoms with van der Waals surface area (Å²) >= 11 is 11.9. The van der Waals surface area contributed by atoms with Crippen molar-refractivity contribution in [3.63, 3.8) is 0 Å². The molecule has 0 aliphatic heterocycles. The fraction of sp³-hybridized carbons (Fsp3) is 0.0714. The molecule has 0 spiro atoms. The average molecular weight is 293 g/mol. The molecule has 3 nitrogen and oxygen atoms in total. The Kier molecular flexibility index (Phi) is 3.32. The highest BCUT2D eigenvalue weighted by Gasteiger charge is 2.04. The summed E-state index contributed by atoms with van der Waals surface area (Å²) in [6, 6.07) is 11.0. The molecule has 96 valence electrons. The van der Waals surface area contributed by atoms with E-state index in [1.54, 1.807) is 12.3 Å². The SMILES string of the molecule is Clc1cccc(OCc2cnc3ccc(Cl)cn23)c1. The number of rotatable bonds is 3. The molecule has 3 rings (SSSR count). The Hall–Kier alpha value is -1.71. The van der Waals surface area contributed by atoms with Crippen molar-refractivity contribution in [3.05, 3.63) is 64.5 Å². The van der Waals surface area contributed by atoms with E-state index in [0.29, 0.717) is 16.7 Å². The van der Waals surface area contributed by atoms with Crippen molar-refractivity contribution in [3.8, 4) is 5.75 Å². The molecule has 0 aliphatic carbocycles. The van der Waals surface area contributed by atoms with Gasteiger partial charge in [-0.2, -0.15) is 0 Å². The van der Waals surface area contributed by atoms with Gasteiger partial charge in [0.25, 0.3) is 0 Å². The lowest BCUT2D eigenvalue weighted by Crippen LogP contribution is -1.99. The topological polar surface area (TPSA) is 26.5 Å². The first-order chi connectivity index (χ1) is 9.22. The van der Waals surface area contributed by atoms with Crippen LogP contribution in [0.4, 0.5) is 0 Å². The molecule has 0 saturated heterocycles. The average Bonchev–Trinajstić information content (AvgIpc) is 2.79. The number of benzene rings is 1. The molecule has 5 heteroatoms. The highest BCUT2D eigenvalue weighted by molar-refractivity contribution is 6.30. The Morgan fingerprint density at radius 2 is 2.00 bits per heavy atom. The predicted octanol–water partition coefficient (Wildman–Crippen LogP) is 4.22. The summed E-state index contributed by atoms with van der Waals surface area (Å²) in [5.74, 6) is 0.726. The van der Waals surface area contributed by atoms with Crippen molar-refractivity contribution < 1.29 is 4.74 Å². The minimum atomic E-state index is 0.405. The number of nitrogens with zero attached hydrogens (tertiary/aromatic N) is 2. The first-order valence-electron chi connectivity index (χ1n) is 5.72. The normalized spacial score (nSPS) is 10.8. The Balaban J connectivity index is 1.84. The second kappa shape index (κ2) is 5.11. The quantitative estimate of drug-likeness (QED) is 0.722. The van der Waals surface area contributed by atoms with Gasteiger partial charge in [0.05, 0.1) is 16.9 Å². The summed E-state index contributed by atoms with van der Waals surface area (Å²) in [6.45, 7) is 0.405. The maximum absolute atomic E-state index is 5.98. The zero-order chi connectivity index (χ0) is 13.2. The lowest BCUT2D eigenvalue weighted by molar-refractivity contribution is 0.300. The molecule has 0 atom stereocenters. The van der Waals surface area contributed by atoms with Crippen molar-refractivity contribution in [1.29, 1.82) is 0 Å². The molecule has 0 radical (unpaired) electrons. The molecule has 0 bridgehead atoms. The molecule has 0 N–H and O–H groups in total. The molecule has 1 aromatic carbocycles. The minimum absolute atomic E-state index is 0.405. The van der Waals surface area contributed by atoms with Crippen LogP contribution in [0.15, 0.2) is 48.8 Å². The van der Waals surface area contributed by atoms with Gasteiger partial charge in [-0.25, -0.2) is 4.98 Å². The molecule has 19 heavy (non-hydrogen) atoms. The highest BCUT2D eigenvalue weighted by Crippen LogP contribution is 2.19. The third-order valence-corrected chi connectivity index (χ3v) is 3.19. The number of imidazole rings is 1. The van der Waals surface area contributed by atoms with Crippen LogP contribution in [0.1, 0.15) is 5.69 Å². The van der Waals surface area contributed by atoms with Crippen LogP contribution in [0.25, 0.3) is 5.65 Å². The number of hydrogen-bond acceptors (Lipinski definition) is 2. The van der Waals surface area contributed by atoms with Gasteiger partial charge in [0.15, 0.2) is 0 Å². The van der Waals surface area contributed by atoms with Gasteiger partial charge < -0.3 is 4.74 Å². The number of fused-ring (bicyclic) bond motifs is 1. The van der Waals surface area contributed by atoms with Crippen LogP contribution in [-0.4, -0.2) is 9.38 Å². The Bertz CT molecular complexity index is 724. The number of pyridine rings is 1. The fourth-order valence-electron chi connectivity index (χ4n) is 1.83. The molecule has 0 amide bonds. The summed E-state index contributed by atoms with van der Waals surface area (Å²) in [7, 11) is 0. The molecule has 2 heterocycles. The summed E-state index contributed by atoms with van der Waals surface area (Å²) in [6.07, 6.45) is 3.59. The van der Waals surface area contributed by atoms with Crippen molar-refractivity contribution in [1.82, 2.24) is 9.38 Å². The third-order valence-electron chi connectivity index (χ3n) is 2.73. The van der Waals surface area contributed by atoms with E-state index in [9.17, 15) is 0 Å². The summed E-state index contributed by atoms with van der Waals surface area (Å²) in [4.78, 5) is 4.29. The maximum atomic E-state index is 5.98. The smallest absolute Gasteiger partial charge is 0.137 e. The van der Waals surface area contributed by atoms with Crippen LogP contribution in [0.5, 0.6) is 5.75 Å². The maximum Gasteiger partial charge on any atom is 0.137 e. The van der Waals surface area contributed by atoms with Crippen LogP contribution in [0, 0.1) is 0 Å². The molecule has 0 aliphatic rings. The van der Waals surface area contributed by atoms with Gasteiger partial charge in [-0.3, -0.25) is 4.40 Å². The van der Waals surface area contributed by atoms with Gasteiger partial charge in [0.2, 0.25) is 0 Å². The van der Waals surface area contributed by atoms with E-state index in [0.717, 1.165) is 17.1 Å². The monoisotopic (exact) mass is 292 g/mol. The summed E-state index contributed by atoms with van der Waals surface area (Å²) in [5, 5.41) is 1.31. The molecular formula is C14H10Cl2N2O. The lowest BCUT2D eigenvalue weighted by atomic mass is 10.3. The summed E-state index contributed by atoms with van der Waals surface area (Å²) in [5.41, 5.74) is 1.77. The van der Waals surface area contributed by atoms with Crippen LogP contribution in [-0.2, 0) is 6.61 Å². The second-order valence-electron chi connectivity index (χ2n) is 4.07. The van der Waals surface area contributed by atoms with E-state index in [2.05, 4.69) is 4.98 Å². The third kappa shape index (κ3) is 2.67. The zero-order valence-corrected chi connectivity index (χ0v) is 11.4. The van der Waals surface area contributed by atoms with Crippen molar-refractivity contribution in [2.24, 2.45) is 0 Å². The first kappa shape index (κ1) is 12.3. The van der Waals surface area contributed by atoms with E-state index < -0.39 is 0 Å². The second-order valence-corrected chi connectivity index (χ2v) is 4.94. The molecular weight excluding hydrogens is 283 g/mol. The number of aromatic nitrogens is 2. The van der Waals surface area contributed by atoms with Gasteiger partial charge in [-0.15, -0.1) is 0 Å². The largest absolute Gasteiger partial charge is 0.487 e. The number of halogens is 2. The van der Waals surface area contributed by atoms with Gasteiger partial charge in [0.1, 0.15) is 18.0 Å². The molecule has 0 fully saturated rings. The molecule has 2 aromatic heterocycles. The first-order valence-corrected chi connectivity index (χ1v) is 6.48. The van der Waals surface area contributed by atoms with Crippen LogP contribution >= 0.6 is 23.2 Å². The Morgan fingerprint density at radius 3 is 2.84 bits per heavy atom. The van der Waals surface area contributed by atoms with E-state index in [1.165, 1.54) is 0 Å². The van der Waals surface area contributed by atoms with E-state index in [4.69, 9.17) is 27.9 Å². The Morgan fingerprint density at radius 1 is 1.11 bits per heavy atom. The van der Waals surface area contributed by atoms with Crippen molar-refractivity contribution in [2.45, 2.75) is 6.61 Å². The minimum Gasteiger partial charge on any atom is -0.487 e. The number of ether oxygens (including phenoxy) is 1. The standard InChI is InChI=1S/C14H10Cl2N2O/c15-10-2-1-3-13(6-10)19-9-12-7-17-14-5-4-11(16)8-18(12)14/h1-8H,9H2. The van der Waals surface area contributed by atoms with Gasteiger partial charge in [-0.1, -0.05) is 29.3 Å². The fourth-order valence-corrected chi connectivity index (χ4v) is 2.17. The lowest BCUT2D eigenvalue weighted by Gasteiger charge is -2.06. The van der Waals surface area contributed by atoms with Gasteiger partial charge in [0, 0.05) is 11.2 Å². The molecule has 3 aromatic rings. The van der Waals surface area contributed by atoms with Crippen LogP contribution in [0.2, 0.25) is 10.0 Å². The van der Waals surface area contributed by atoms with E-state index >= 15 is 0 Å². The zero-order valence-electron chi connectivity index (χ0n) is 9.88. The van der Waals surface area contributed by atoms with E-state index in [1.807, 2.05) is 40.9 Å². The summed E-state index contributed by atoms with van der Waals surface area (Å²) < 4.78 is 7.60. The van der Waals surface area contributed by atoms with Gasteiger partial charge in [-0.05, 0) is 30.3 Å². The van der Waals surface area contributed by atoms with Gasteiger partial charge >= 0.3 is 0 Å². The van der Waals surface area contributed by atoms with Crippen LogP contribution < -0.4 is 4.74 Å². The molecule has 0 unspecified atom stereocenters. The molecule has 0 saturated carbocycles. The van der Waals surface area contributed by atoms with Crippen molar-refractivity contribution in [2.75, 3.05) is 0 Å². The van der Waals surface area contributed by atoms with Crippen molar-refractivity contribution >= 4 is 28.8 Å².